The van der Waals surface area contributed by atoms with Crippen LogP contribution < -0.4 is 21.1 Å². The number of β-lactam (4-membered cyclic amide) rings is 1. The van der Waals surface area contributed by atoms with Gasteiger partial charge >= 0.3 is 0 Å². The molecule has 1 saturated heterocycles. The minimum Gasteiger partial charge on any atom is -0.478 e. The van der Waals surface area contributed by atoms with Crippen molar-refractivity contribution >= 4 is 5.91 Å². The molecule has 0 radical (unpaired) electrons. The first kappa shape index (κ1) is 10.9. The Hall–Kier alpha value is -1.59. The number of carbonyl (C=O) groups is 1. The third-order valence-electron chi connectivity index (χ3n) is 2.55. The molecular weight excluding hydrogens is 206 g/mol. The first-order valence-corrected chi connectivity index (χ1v) is 5.23. The van der Waals surface area contributed by atoms with Crippen molar-refractivity contribution in [2.75, 3.05) is 13.3 Å². The van der Waals surface area contributed by atoms with Crippen LogP contribution in [0.3, 0.4) is 0 Å². The Balaban J connectivity index is 1.74. The average molecular weight is 221 g/mol. The van der Waals surface area contributed by atoms with Crippen LogP contribution in [0.1, 0.15) is 0 Å². The lowest BCUT2D eigenvalue weighted by molar-refractivity contribution is -0.131. The van der Waals surface area contributed by atoms with Crippen molar-refractivity contribution in [3.05, 3.63) is 30.3 Å². The number of ether oxygens (including phenoxy) is 1. The third kappa shape index (κ3) is 2.32. The molecule has 86 valence electrons. The van der Waals surface area contributed by atoms with Gasteiger partial charge in [0.05, 0.1) is 6.04 Å². The van der Waals surface area contributed by atoms with Gasteiger partial charge in [0, 0.05) is 6.54 Å². The molecule has 0 aromatic heterocycles. The van der Waals surface area contributed by atoms with Gasteiger partial charge in [-0.1, -0.05) is 18.2 Å². The molecule has 5 nitrogen and oxygen atoms in total. The van der Waals surface area contributed by atoms with E-state index in [1.807, 2.05) is 30.3 Å². The second-order valence-corrected chi connectivity index (χ2v) is 3.63. The predicted octanol–water partition coefficient (Wildman–Crippen LogP) is -0.562. The van der Waals surface area contributed by atoms with Gasteiger partial charge in [0.15, 0.2) is 0 Å². The summed E-state index contributed by atoms with van der Waals surface area (Å²) in [6.45, 7) is 0.743. The zero-order valence-electron chi connectivity index (χ0n) is 8.85. The smallest absolute Gasteiger partial charge is 0.239 e. The zero-order valence-corrected chi connectivity index (χ0v) is 8.85. The standard InChI is InChI=1S/C11H15N3O2/c12-6-9-10(11(15)14-9)13-7-16-8-4-2-1-3-5-8/h1-5,9-10,13H,6-7,12H2,(H,14,15)/t9-,10+/m0/s1. The molecular formula is C11H15N3O2. The van der Waals surface area contributed by atoms with Gasteiger partial charge in [-0.05, 0) is 12.1 Å². The molecule has 0 bridgehead atoms. The maximum atomic E-state index is 11.2. The summed E-state index contributed by atoms with van der Waals surface area (Å²) in [6, 6.07) is 9.23. The topological polar surface area (TPSA) is 76.4 Å². The normalized spacial score (nSPS) is 23.4. The number of carbonyl (C=O) groups excluding carboxylic acids is 1. The maximum Gasteiger partial charge on any atom is 0.239 e. The molecule has 2 rings (SSSR count). The maximum absolute atomic E-state index is 11.2. The van der Waals surface area contributed by atoms with E-state index in [0.717, 1.165) is 5.75 Å². The number of para-hydroxylation sites is 1. The van der Waals surface area contributed by atoms with E-state index in [0.29, 0.717) is 13.3 Å². The van der Waals surface area contributed by atoms with Crippen LogP contribution in [0.4, 0.5) is 0 Å². The van der Waals surface area contributed by atoms with Gasteiger partial charge in [-0.2, -0.15) is 0 Å². The molecule has 0 spiro atoms. The fraction of sp³-hybridized carbons (Fsp3) is 0.364. The summed E-state index contributed by atoms with van der Waals surface area (Å²) in [6.07, 6.45) is 0. The summed E-state index contributed by atoms with van der Waals surface area (Å²) < 4.78 is 5.42. The number of hydrogen-bond acceptors (Lipinski definition) is 4. The summed E-state index contributed by atoms with van der Waals surface area (Å²) in [5.41, 5.74) is 5.47. The number of rotatable bonds is 5. The predicted molar refractivity (Wildman–Crippen MR) is 59.8 cm³/mol. The summed E-state index contributed by atoms with van der Waals surface area (Å²) in [7, 11) is 0. The highest BCUT2D eigenvalue weighted by Gasteiger charge is 2.37. The van der Waals surface area contributed by atoms with Crippen molar-refractivity contribution in [2.45, 2.75) is 12.1 Å². The van der Waals surface area contributed by atoms with E-state index in [4.69, 9.17) is 10.5 Å². The number of hydrogen-bond donors (Lipinski definition) is 3. The summed E-state index contributed by atoms with van der Waals surface area (Å²) in [5, 5.41) is 5.71. The van der Waals surface area contributed by atoms with Crippen molar-refractivity contribution in [3.8, 4) is 5.75 Å². The first-order valence-electron chi connectivity index (χ1n) is 5.23. The van der Waals surface area contributed by atoms with E-state index < -0.39 is 0 Å². The highest BCUT2D eigenvalue weighted by Crippen LogP contribution is 2.08. The van der Waals surface area contributed by atoms with Crippen LogP contribution in [0.25, 0.3) is 0 Å². The molecule has 1 aliphatic heterocycles. The number of benzene rings is 1. The number of nitrogens with one attached hydrogen (secondary N) is 2. The van der Waals surface area contributed by atoms with E-state index in [1.165, 1.54) is 0 Å². The molecule has 16 heavy (non-hydrogen) atoms. The van der Waals surface area contributed by atoms with Crippen LogP contribution in [-0.4, -0.2) is 31.3 Å². The van der Waals surface area contributed by atoms with Crippen molar-refractivity contribution in [3.63, 3.8) is 0 Å². The molecule has 2 atom stereocenters. The van der Waals surface area contributed by atoms with E-state index in [9.17, 15) is 4.79 Å². The Bertz CT molecular complexity index is 356. The molecule has 5 heteroatoms. The van der Waals surface area contributed by atoms with Crippen LogP contribution in [-0.2, 0) is 4.79 Å². The Labute approximate surface area is 94.0 Å². The SMILES string of the molecule is NC[C@@H]1NC(=O)[C@@H]1NCOc1ccccc1. The van der Waals surface area contributed by atoms with Gasteiger partial charge in [-0.3, -0.25) is 10.1 Å². The van der Waals surface area contributed by atoms with Crippen LogP contribution >= 0.6 is 0 Å². The van der Waals surface area contributed by atoms with E-state index in [-0.39, 0.29) is 18.0 Å². The lowest BCUT2D eigenvalue weighted by Gasteiger charge is -2.36. The van der Waals surface area contributed by atoms with Gasteiger partial charge in [-0.25, -0.2) is 0 Å². The zero-order chi connectivity index (χ0) is 11.4. The van der Waals surface area contributed by atoms with Gasteiger partial charge in [0.2, 0.25) is 5.91 Å². The molecule has 1 amide bonds. The summed E-state index contributed by atoms with van der Waals surface area (Å²) in [4.78, 5) is 11.2. The van der Waals surface area contributed by atoms with Crippen LogP contribution in [0.5, 0.6) is 5.75 Å². The third-order valence-corrected chi connectivity index (χ3v) is 2.55. The lowest BCUT2D eigenvalue weighted by Crippen LogP contribution is -2.70. The van der Waals surface area contributed by atoms with Crippen molar-refractivity contribution in [1.29, 1.82) is 0 Å². The van der Waals surface area contributed by atoms with Gasteiger partial charge in [-0.15, -0.1) is 0 Å². The molecule has 0 unspecified atom stereocenters. The highest BCUT2D eigenvalue weighted by atomic mass is 16.5. The van der Waals surface area contributed by atoms with E-state index in [2.05, 4.69) is 10.6 Å². The molecule has 1 aromatic rings. The fourth-order valence-corrected chi connectivity index (χ4v) is 1.60. The van der Waals surface area contributed by atoms with Gasteiger partial charge < -0.3 is 15.8 Å². The number of nitrogens with two attached hydrogens (primary N) is 1. The van der Waals surface area contributed by atoms with Gasteiger partial charge in [0.25, 0.3) is 0 Å². The molecule has 1 aliphatic rings. The summed E-state index contributed by atoms with van der Waals surface area (Å²) >= 11 is 0. The molecule has 1 fully saturated rings. The lowest BCUT2D eigenvalue weighted by atomic mass is 10.00. The largest absolute Gasteiger partial charge is 0.478 e. The van der Waals surface area contributed by atoms with Crippen LogP contribution in [0.2, 0.25) is 0 Å². The molecule has 4 N–H and O–H groups in total. The Morgan fingerprint density at radius 2 is 2.12 bits per heavy atom. The Morgan fingerprint density at radius 1 is 1.38 bits per heavy atom. The Kier molecular flexibility index (Phi) is 3.38. The average Bonchev–Trinajstić information content (AvgIpc) is 2.32. The van der Waals surface area contributed by atoms with E-state index in [1.54, 1.807) is 0 Å². The monoisotopic (exact) mass is 221 g/mol. The van der Waals surface area contributed by atoms with Crippen molar-refractivity contribution in [1.82, 2.24) is 10.6 Å². The minimum absolute atomic E-state index is 0.0203. The van der Waals surface area contributed by atoms with Crippen molar-refractivity contribution in [2.24, 2.45) is 5.73 Å². The van der Waals surface area contributed by atoms with Crippen molar-refractivity contribution < 1.29 is 9.53 Å². The minimum atomic E-state index is -0.228. The second kappa shape index (κ2) is 4.96. The van der Waals surface area contributed by atoms with Gasteiger partial charge in [0.1, 0.15) is 18.5 Å². The molecule has 1 aromatic carbocycles. The van der Waals surface area contributed by atoms with Crippen LogP contribution in [0.15, 0.2) is 30.3 Å². The quantitative estimate of drug-likeness (QED) is 0.460. The Morgan fingerprint density at radius 3 is 2.75 bits per heavy atom. The molecule has 1 heterocycles. The number of amides is 1. The molecule has 0 aliphatic carbocycles. The van der Waals surface area contributed by atoms with E-state index >= 15 is 0 Å². The summed E-state index contributed by atoms with van der Waals surface area (Å²) in [5.74, 6) is 0.756. The molecule has 0 saturated carbocycles. The fourth-order valence-electron chi connectivity index (χ4n) is 1.60. The highest BCUT2D eigenvalue weighted by molar-refractivity contribution is 5.89. The second-order valence-electron chi connectivity index (χ2n) is 3.63. The first-order chi connectivity index (χ1) is 7.81. The van der Waals surface area contributed by atoms with Crippen LogP contribution in [0, 0.1) is 0 Å².